The van der Waals surface area contributed by atoms with Gasteiger partial charge in [-0.3, -0.25) is 4.79 Å². The topological polar surface area (TPSA) is 96.9 Å². The van der Waals surface area contributed by atoms with E-state index in [1.807, 2.05) is 6.92 Å². The molecule has 0 aliphatic carbocycles. The number of nitrogens with two attached hydrogens (primary N) is 1. The zero-order chi connectivity index (χ0) is 13.1. The highest BCUT2D eigenvalue weighted by Crippen LogP contribution is 2.23. The smallest absolute Gasteiger partial charge is 0.233 e. The van der Waals surface area contributed by atoms with Crippen LogP contribution in [-0.4, -0.2) is 35.7 Å². The minimum Gasteiger partial charge on any atom is -0.409 e. The first-order valence-corrected chi connectivity index (χ1v) is 5.70. The van der Waals surface area contributed by atoms with Crippen molar-refractivity contribution in [3.8, 4) is 0 Å². The second-order valence-electron chi connectivity index (χ2n) is 5.24. The molecule has 1 amide bonds. The van der Waals surface area contributed by atoms with E-state index in [0.717, 1.165) is 12.8 Å². The van der Waals surface area contributed by atoms with Crippen LogP contribution < -0.4 is 11.1 Å². The molecule has 1 rings (SSSR count). The zero-order valence-electron chi connectivity index (χ0n) is 10.6. The van der Waals surface area contributed by atoms with Gasteiger partial charge < -0.3 is 21.0 Å². The van der Waals surface area contributed by atoms with Gasteiger partial charge in [-0.2, -0.15) is 0 Å². The molecule has 98 valence electrons. The van der Waals surface area contributed by atoms with Gasteiger partial charge in [0.05, 0.1) is 0 Å². The molecule has 0 aromatic rings. The van der Waals surface area contributed by atoms with Gasteiger partial charge in [0, 0.05) is 18.8 Å². The molecule has 4 N–H and O–H groups in total. The molecule has 1 saturated heterocycles. The first kappa shape index (κ1) is 13.8. The molecule has 0 aromatic heterocycles. The van der Waals surface area contributed by atoms with E-state index >= 15 is 0 Å². The number of carbonyl (C=O) groups excluding carboxylic acids is 1. The van der Waals surface area contributed by atoms with Crippen LogP contribution in [0.1, 0.15) is 33.6 Å². The van der Waals surface area contributed by atoms with Crippen molar-refractivity contribution in [3.63, 3.8) is 0 Å². The molecular weight excluding hydrogens is 222 g/mol. The number of ether oxygens (including phenoxy) is 1. The number of amides is 1. The average Bonchev–Trinajstić information content (AvgIpc) is 2.28. The van der Waals surface area contributed by atoms with Crippen LogP contribution in [0.25, 0.3) is 0 Å². The van der Waals surface area contributed by atoms with E-state index in [0.29, 0.717) is 13.2 Å². The van der Waals surface area contributed by atoms with Crippen LogP contribution >= 0.6 is 0 Å². The Bertz CT molecular complexity index is 320. The third-order valence-electron chi connectivity index (χ3n) is 3.33. The molecule has 0 bridgehead atoms. The van der Waals surface area contributed by atoms with E-state index in [4.69, 9.17) is 15.7 Å². The highest BCUT2D eigenvalue weighted by molar-refractivity contribution is 6.06. The van der Waals surface area contributed by atoms with E-state index in [9.17, 15) is 4.79 Å². The van der Waals surface area contributed by atoms with E-state index in [1.54, 1.807) is 13.8 Å². The largest absolute Gasteiger partial charge is 0.409 e. The van der Waals surface area contributed by atoms with E-state index in [1.165, 1.54) is 0 Å². The summed E-state index contributed by atoms with van der Waals surface area (Å²) >= 11 is 0. The third kappa shape index (κ3) is 3.09. The first-order chi connectivity index (χ1) is 7.82. The quantitative estimate of drug-likeness (QED) is 0.290. The maximum Gasteiger partial charge on any atom is 0.233 e. The Balaban J connectivity index is 2.71. The summed E-state index contributed by atoms with van der Waals surface area (Å²) in [5, 5.41) is 14.5. The average molecular weight is 243 g/mol. The Morgan fingerprint density at radius 2 is 2.00 bits per heavy atom. The third-order valence-corrected chi connectivity index (χ3v) is 3.33. The Labute approximate surface area is 101 Å². The molecule has 6 heteroatoms. The Kier molecular flexibility index (Phi) is 3.98. The van der Waals surface area contributed by atoms with Gasteiger partial charge in [-0.25, -0.2) is 0 Å². The van der Waals surface area contributed by atoms with Crippen LogP contribution in [0.2, 0.25) is 0 Å². The lowest BCUT2D eigenvalue weighted by Crippen LogP contribution is -2.56. The second-order valence-corrected chi connectivity index (χ2v) is 5.24. The molecule has 0 unspecified atom stereocenters. The Hall–Kier alpha value is -1.30. The molecule has 1 heterocycles. The second kappa shape index (κ2) is 4.91. The van der Waals surface area contributed by atoms with E-state index in [-0.39, 0.29) is 17.3 Å². The van der Waals surface area contributed by atoms with Crippen LogP contribution in [-0.2, 0) is 9.53 Å². The van der Waals surface area contributed by atoms with Crippen LogP contribution in [0.3, 0.4) is 0 Å². The summed E-state index contributed by atoms with van der Waals surface area (Å²) in [5.74, 6) is -0.331. The predicted molar refractivity (Wildman–Crippen MR) is 63.8 cm³/mol. The Morgan fingerprint density at radius 3 is 2.47 bits per heavy atom. The van der Waals surface area contributed by atoms with Gasteiger partial charge in [0.25, 0.3) is 0 Å². The molecule has 0 spiro atoms. The molecule has 0 radical (unpaired) electrons. The lowest BCUT2D eigenvalue weighted by Gasteiger charge is -2.37. The van der Waals surface area contributed by atoms with Gasteiger partial charge in [0.15, 0.2) is 5.84 Å². The molecule has 0 atom stereocenters. The summed E-state index contributed by atoms with van der Waals surface area (Å²) < 4.78 is 5.26. The van der Waals surface area contributed by atoms with Crippen molar-refractivity contribution in [1.29, 1.82) is 0 Å². The molecule has 0 aromatic carbocycles. The standard InChI is InChI=1S/C11H21N3O3/c1-10(2,8(12)14-16)9(15)13-11(3)4-6-17-7-5-11/h16H,4-7H2,1-3H3,(H2,12,14)(H,13,15). The summed E-state index contributed by atoms with van der Waals surface area (Å²) in [7, 11) is 0. The molecule has 6 nitrogen and oxygen atoms in total. The minimum absolute atomic E-state index is 0.0920. The highest BCUT2D eigenvalue weighted by Gasteiger charge is 2.38. The summed E-state index contributed by atoms with van der Waals surface area (Å²) in [5.41, 5.74) is 4.22. The fourth-order valence-corrected chi connectivity index (χ4v) is 1.62. The maximum atomic E-state index is 12.1. The van der Waals surface area contributed by atoms with Crippen LogP contribution in [0.15, 0.2) is 5.16 Å². The van der Waals surface area contributed by atoms with E-state index in [2.05, 4.69) is 10.5 Å². The van der Waals surface area contributed by atoms with Gasteiger partial charge in [-0.15, -0.1) is 0 Å². The zero-order valence-corrected chi connectivity index (χ0v) is 10.6. The molecule has 1 fully saturated rings. The summed E-state index contributed by atoms with van der Waals surface area (Å²) in [6, 6.07) is 0. The SMILES string of the molecule is CC1(NC(=O)C(C)(C)C(N)=NO)CCOCC1. The number of carbonyl (C=O) groups is 1. The summed E-state index contributed by atoms with van der Waals surface area (Å²) in [6.45, 7) is 6.51. The number of hydrogen-bond donors (Lipinski definition) is 3. The maximum absolute atomic E-state index is 12.1. The first-order valence-electron chi connectivity index (χ1n) is 5.70. The molecule has 0 saturated carbocycles. The van der Waals surface area contributed by atoms with Gasteiger partial charge in [0.2, 0.25) is 5.91 Å². The van der Waals surface area contributed by atoms with Gasteiger partial charge in [0.1, 0.15) is 5.41 Å². The van der Waals surface area contributed by atoms with Crippen LogP contribution in [0, 0.1) is 5.41 Å². The lowest BCUT2D eigenvalue weighted by atomic mass is 9.86. The Morgan fingerprint density at radius 1 is 1.47 bits per heavy atom. The molecular formula is C11H21N3O3. The van der Waals surface area contributed by atoms with Crippen molar-refractivity contribution in [2.24, 2.45) is 16.3 Å². The number of nitrogens with one attached hydrogen (secondary N) is 1. The monoisotopic (exact) mass is 243 g/mol. The van der Waals surface area contributed by atoms with Crippen molar-refractivity contribution < 1.29 is 14.7 Å². The number of oxime groups is 1. The predicted octanol–water partition coefficient (Wildman–Crippen LogP) is 0.444. The summed E-state index contributed by atoms with van der Waals surface area (Å²) in [4.78, 5) is 12.1. The van der Waals surface area contributed by atoms with Crippen molar-refractivity contribution in [3.05, 3.63) is 0 Å². The fourth-order valence-electron chi connectivity index (χ4n) is 1.62. The number of nitrogens with zero attached hydrogens (tertiary/aromatic N) is 1. The number of rotatable bonds is 3. The van der Waals surface area contributed by atoms with Gasteiger partial charge in [-0.05, 0) is 33.6 Å². The van der Waals surface area contributed by atoms with E-state index < -0.39 is 5.41 Å². The lowest BCUT2D eigenvalue weighted by molar-refractivity contribution is -0.129. The molecule has 1 aliphatic heterocycles. The van der Waals surface area contributed by atoms with Gasteiger partial charge >= 0.3 is 0 Å². The molecule has 1 aliphatic rings. The molecule has 17 heavy (non-hydrogen) atoms. The fraction of sp³-hybridized carbons (Fsp3) is 0.818. The summed E-state index contributed by atoms with van der Waals surface area (Å²) in [6.07, 6.45) is 1.54. The van der Waals surface area contributed by atoms with Crippen molar-refractivity contribution >= 4 is 11.7 Å². The highest BCUT2D eigenvalue weighted by atomic mass is 16.5. The van der Waals surface area contributed by atoms with Gasteiger partial charge in [-0.1, -0.05) is 5.16 Å². The number of hydrogen-bond acceptors (Lipinski definition) is 4. The minimum atomic E-state index is -1.02. The van der Waals surface area contributed by atoms with Crippen LogP contribution in [0.5, 0.6) is 0 Å². The normalized spacial score (nSPS) is 21.0. The van der Waals surface area contributed by atoms with Crippen LogP contribution in [0.4, 0.5) is 0 Å². The number of amidine groups is 1. The van der Waals surface area contributed by atoms with Crippen molar-refractivity contribution in [1.82, 2.24) is 5.32 Å². The van der Waals surface area contributed by atoms with Crippen molar-refractivity contribution in [2.75, 3.05) is 13.2 Å². The van der Waals surface area contributed by atoms with Crippen molar-refractivity contribution in [2.45, 2.75) is 39.2 Å².